The minimum absolute atomic E-state index is 0.132. The lowest BCUT2D eigenvalue weighted by molar-refractivity contribution is -0.132. The van der Waals surface area contributed by atoms with Gasteiger partial charge in [-0.05, 0) is 20.8 Å². The SMILES string of the molecule is CC(C)(C)S(=O)(=O)CC(=O)N1CCC(=O)CC1. The second-order valence-electron chi connectivity index (χ2n) is 5.29. The minimum Gasteiger partial charge on any atom is -0.341 e. The van der Waals surface area contributed by atoms with Crippen LogP contribution in [0.5, 0.6) is 0 Å². The molecule has 0 radical (unpaired) electrons. The fourth-order valence-electron chi connectivity index (χ4n) is 1.48. The van der Waals surface area contributed by atoms with Gasteiger partial charge >= 0.3 is 0 Å². The number of ketones is 1. The van der Waals surface area contributed by atoms with E-state index >= 15 is 0 Å². The smallest absolute Gasteiger partial charge is 0.237 e. The van der Waals surface area contributed by atoms with Gasteiger partial charge in [0.2, 0.25) is 5.91 Å². The molecule has 1 rings (SSSR count). The Balaban J connectivity index is 2.65. The second-order valence-corrected chi connectivity index (χ2v) is 8.03. The van der Waals surface area contributed by atoms with Crippen LogP contribution in [0.3, 0.4) is 0 Å². The maximum atomic E-state index is 11.9. The highest BCUT2D eigenvalue weighted by Crippen LogP contribution is 2.17. The number of likely N-dealkylation sites (tertiary alicyclic amines) is 1. The Morgan fingerprint density at radius 3 is 2.12 bits per heavy atom. The summed E-state index contributed by atoms with van der Waals surface area (Å²) in [6.45, 7) is 5.43. The number of carbonyl (C=O) groups is 2. The molecule has 6 heteroatoms. The molecular weight excluding hydrogens is 242 g/mol. The average Bonchev–Trinajstić information content (AvgIpc) is 2.16. The maximum Gasteiger partial charge on any atom is 0.237 e. The van der Waals surface area contributed by atoms with E-state index in [2.05, 4.69) is 0 Å². The van der Waals surface area contributed by atoms with E-state index in [4.69, 9.17) is 0 Å². The van der Waals surface area contributed by atoms with Gasteiger partial charge in [-0.25, -0.2) is 8.42 Å². The van der Waals surface area contributed by atoms with Crippen molar-refractivity contribution in [2.24, 2.45) is 0 Å². The Hall–Kier alpha value is -0.910. The Morgan fingerprint density at radius 2 is 1.71 bits per heavy atom. The Morgan fingerprint density at radius 1 is 1.24 bits per heavy atom. The molecular formula is C11H19NO4S. The minimum atomic E-state index is -3.44. The predicted octanol–water partition coefficient (Wildman–Crippen LogP) is 0.391. The Kier molecular flexibility index (Phi) is 3.96. The van der Waals surface area contributed by atoms with Crippen molar-refractivity contribution in [3.8, 4) is 0 Å². The first kappa shape index (κ1) is 14.2. The quantitative estimate of drug-likeness (QED) is 0.721. The average molecular weight is 261 g/mol. The van der Waals surface area contributed by atoms with E-state index in [0.717, 1.165) is 0 Å². The molecule has 0 saturated carbocycles. The number of piperidine rings is 1. The molecule has 0 N–H and O–H groups in total. The van der Waals surface area contributed by atoms with Crippen molar-refractivity contribution in [2.75, 3.05) is 18.8 Å². The molecule has 0 aromatic heterocycles. The fraction of sp³-hybridized carbons (Fsp3) is 0.818. The summed E-state index contributed by atoms with van der Waals surface area (Å²) in [5.41, 5.74) is 0. The molecule has 1 aliphatic heterocycles. The Bertz CT molecular complexity index is 409. The van der Waals surface area contributed by atoms with Crippen molar-refractivity contribution < 1.29 is 18.0 Å². The van der Waals surface area contributed by atoms with Crippen molar-refractivity contribution in [1.29, 1.82) is 0 Å². The number of hydrogen-bond donors (Lipinski definition) is 0. The molecule has 17 heavy (non-hydrogen) atoms. The maximum absolute atomic E-state index is 11.9. The monoisotopic (exact) mass is 261 g/mol. The molecule has 0 aromatic rings. The number of Topliss-reactive ketones (excluding diaryl/α,β-unsaturated/α-hetero) is 1. The van der Waals surface area contributed by atoms with Gasteiger partial charge in [-0.2, -0.15) is 0 Å². The van der Waals surface area contributed by atoms with E-state index < -0.39 is 26.2 Å². The van der Waals surface area contributed by atoms with Crippen molar-refractivity contribution in [1.82, 2.24) is 4.90 Å². The second kappa shape index (κ2) is 4.76. The first-order chi connectivity index (χ1) is 7.63. The van der Waals surface area contributed by atoms with E-state index in [9.17, 15) is 18.0 Å². The van der Waals surface area contributed by atoms with Gasteiger partial charge in [0, 0.05) is 25.9 Å². The van der Waals surface area contributed by atoms with Gasteiger partial charge in [0.1, 0.15) is 11.5 Å². The summed E-state index contributed by atoms with van der Waals surface area (Å²) in [6, 6.07) is 0. The lowest BCUT2D eigenvalue weighted by atomic mass is 10.1. The molecule has 0 aromatic carbocycles. The van der Waals surface area contributed by atoms with Crippen LogP contribution in [0.25, 0.3) is 0 Å². The van der Waals surface area contributed by atoms with Crippen LogP contribution >= 0.6 is 0 Å². The topological polar surface area (TPSA) is 71.5 Å². The summed E-state index contributed by atoms with van der Waals surface area (Å²) in [5, 5.41) is 0. The van der Waals surface area contributed by atoms with Crippen LogP contribution in [-0.2, 0) is 19.4 Å². The summed E-state index contributed by atoms with van der Waals surface area (Å²) in [7, 11) is -3.44. The van der Waals surface area contributed by atoms with Gasteiger partial charge in [0.25, 0.3) is 0 Å². The van der Waals surface area contributed by atoms with Gasteiger partial charge in [-0.3, -0.25) is 9.59 Å². The van der Waals surface area contributed by atoms with Crippen LogP contribution in [0, 0.1) is 0 Å². The first-order valence-corrected chi connectivity index (χ1v) is 7.30. The van der Waals surface area contributed by atoms with Crippen LogP contribution in [0.2, 0.25) is 0 Å². The molecule has 0 atom stereocenters. The summed E-state index contributed by atoms with van der Waals surface area (Å²) in [6.07, 6.45) is 0.669. The molecule has 0 unspecified atom stereocenters. The highest BCUT2D eigenvalue weighted by molar-refractivity contribution is 7.93. The van der Waals surface area contributed by atoms with Gasteiger partial charge in [-0.15, -0.1) is 0 Å². The van der Waals surface area contributed by atoms with Crippen molar-refractivity contribution in [3.63, 3.8) is 0 Å². The van der Waals surface area contributed by atoms with Crippen LogP contribution in [-0.4, -0.2) is 48.6 Å². The molecule has 1 aliphatic rings. The van der Waals surface area contributed by atoms with Crippen molar-refractivity contribution >= 4 is 21.5 Å². The zero-order valence-corrected chi connectivity index (χ0v) is 11.3. The molecule has 1 heterocycles. The number of nitrogens with zero attached hydrogens (tertiary/aromatic N) is 1. The van der Waals surface area contributed by atoms with Crippen molar-refractivity contribution in [2.45, 2.75) is 38.4 Å². The van der Waals surface area contributed by atoms with Crippen LogP contribution in [0.15, 0.2) is 0 Å². The fourth-order valence-corrected chi connectivity index (χ4v) is 2.42. The highest BCUT2D eigenvalue weighted by atomic mass is 32.2. The lowest BCUT2D eigenvalue weighted by Gasteiger charge is -2.27. The van der Waals surface area contributed by atoms with Gasteiger partial charge in [0.05, 0.1) is 4.75 Å². The lowest BCUT2D eigenvalue weighted by Crippen LogP contribution is -2.44. The van der Waals surface area contributed by atoms with Crippen LogP contribution in [0.4, 0.5) is 0 Å². The largest absolute Gasteiger partial charge is 0.341 e. The zero-order chi connectivity index (χ0) is 13.3. The summed E-state index contributed by atoms with van der Waals surface area (Å²) >= 11 is 0. The predicted molar refractivity (Wildman–Crippen MR) is 64.4 cm³/mol. The van der Waals surface area contributed by atoms with Gasteiger partial charge in [-0.1, -0.05) is 0 Å². The van der Waals surface area contributed by atoms with E-state index in [-0.39, 0.29) is 5.78 Å². The summed E-state index contributed by atoms with van der Waals surface area (Å²) in [4.78, 5) is 24.3. The number of amides is 1. The van der Waals surface area contributed by atoms with Gasteiger partial charge in [0.15, 0.2) is 9.84 Å². The molecule has 98 valence electrons. The Labute approximate surface area is 102 Å². The third-order valence-electron chi connectivity index (χ3n) is 2.92. The third-order valence-corrected chi connectivity index (χ3v) is 5.41. The van der Waals surface area contributed by atoms with Crippen molar-refractivity contribution in [3.05, 3.63) is 0 Å². The number of hydrogen-bond acceptors (Lipinski definition) is 4. The standard InChI is InChI=1S/C11H19NO4S/c1-11(2,3)17(15,16)8-10(14)12-6-4-9(13)5-7-12/h4-8H2,1-3H3. The molecule has 0 bridgehead atoms. The van der Waals surface area contributed by atoms with E-state index in [0.29, 0.717) is 25.9 Å². The van der Waals surface area contributed by atoms with E-state index in [1.54, 1.807) is 20.8 Å². The molecule has 1 saturated heterocycles. The number of rotatable bonds is 2. The molecule has 1 fully saturated rings. The first-order valence-electron chi connectivity index (χ1n) is 5.65. The summed E-state index contributed by atoms with van der Waals surface area (Å²) in [5.74, 6) is -0.731. The normalized spacial score (nSPS) is 18.3. The molecule has 1 amide bonds. The van der Waals surface area contributed by atoms with E-state index in [1.807, 2.05) is 0 Å². The van der Waals surface area contributed by atoms with Crippen LogP contribution < -0.4 is 0 Å². The van der Waals surface area contributed by atoms with Gasteiger partial charge < -0.3 is 4.90 Å². The molecule has 0 spiro atoms. The molecule has 5 nitrogen and oxygen atoms in total. The third kappa shape index (κ3) is 3.52. The number of sulfone groups is 1. The van der Waals surface area contributed by atoms with Crippen LogP contribution in [0.1, 0.15) is 33.6 Å². The highest BCUT2D eigenvalue weighted by Gasteiger charge is 2.33. The summed E-state index contributed by atoms with van der Waals surface area (Å²) < 4.78 is 22.8. The zero-order valence-electron chi connectivity index (χ0n) is 10.5. The molecule has 0 aliphatic carbocycles. The van der Waals surface area contributed by atoms with E-state index in [1.165, 1.54) is 4.90 Å². The number of carbonyl (C=O) groups excluding carboxylic acids is 2.